The number of hydrogen-bond acceptors (Lipinski definition) is 2. The third-order valence-corrected chi connectivity index (χ3v) is 2.10. The maximum absolute atomic E-state index is 13.3. The third kappa shape index (κ3) is 1.86. The van der Waals surface area contributed by atoms with Crippen molar-refractivity contribution in [3.05, 3.63) is 47.1 Å². The van der Waals surface area contributed by atoms with Gasteiger partial charge in [0.15, 0.2) is 5.82 Å². The van der Waals surface area contributed by atoms with Gasteiger partial charge in [-0.05, 0) is 23.7 Å². The van der Waals surface area contributed by atoms with E-state index in [1.54, 1.807) is 0 Å². The molecule has 0 atom stereocenters. The molecule has 1 heterocycles. The van der Waals surface area contributed by atoms with Crippen LogP contribution in [0.15, 0.2) is 24.4 Å². The van der Waals surface area contributed by atoms with E-state index in [1.165, 1.54) is 6.07 Å². The highest BCUT2D eigenvalue weighted by Crippen LogP contribution is 2.26. The van der Waals surface area contributed by atoms with Gasteiger partial charge >= 0.3 is 0 Å². The molecular weight excluding hydrogens is 241 g/mol. The largest absolute Gasteiger partial charge is 0.223 e. The van der Waals surface area contributed by atoms with Crippen LogP contribution in [-0.2, 0) is 0 Å². The number of halogens is 4. The molecule has 6 heteroatoms. The Bertz CT molecular complexity index is 525. The summed E-state index contributed by atoms with van der Waals surface area (Å²) in [6.07, 6.45) is 0.760. The van der Waals surface area contributed by atoms with Crippen molar-refractivity contribution in [1.29, 1.82) is 0 Å². The predicted octanol–water partition coefficient (Wildman–Crippen LogP) is 3.21. The Balaban J connectivity index is 2.72. The number of hydrogen-bond donors (Lipinski definition) is 0. The highest BCUT2D eigenvalue weighted by Gasteiger charge is 2.17. The van der Waals surface area contributed by atoms with Crippen molar-refractivity contribution in [2.45, 2.75) is 0 Å². The van der Waals surface area contributed by atoms with Gasteiger partial charge in [-0.3, -0.25) is 0 Å². The molecule has 2 nitrogen and oxygen atoms in total. The maximum atomic E-state index is 13.3. The van der Waals surface area contributed by atoms with Crippen molar-refractivity contribution in [3.8, 4) is 11.3 Å². The Morgan fingerprint density at radius 3 is 2.25 bits per heavy atom. The van der Waals surface area contributed by atoms with Crippen LogP contribution in [0.3, 0.4) is 0 Å². The van der Waals surface area contributed by atoms with Crippen LogP contribution in [0.2, 0.25) is 5.28 Å². The molecule has 1 aromatic carbocycles. The normalized spacial score (nSPS) is 10.5. The van der Waals surface area contributed by atoms with Gasteiger partial charge < -0.3 is 0 Å². The van der Waals surface area contributed by atoms with E-state index in [1.807, 2.05) is 0 Å². The fourth-order valence-electron chi connectivity index (χ4n) is 1.24. The van der Waals surface area contributed by atoms with Crippen molar-refractivity contribution < 1.29 is 13.2 Å². The lowest BCUT2D eigenvalue weighted by atomic mass is 10.1. The Morgan fingerprint density at radius 2 is 1.62 bits per heavy atom. The summed E-state index contributed by atoms with van der Waals surface area (Å²) < 4.78 is 40.0. The van der Waals surface area contributed by atoms with E-state index in [-0.39, 0.29) is 5.28 Å². The van der Waals surface area contributed by atoms with Crippen molar-refractivity contribution >= 4 is 11.6 Å². The topological polar surface area (TPSA) is 25.8 Å². The monoisotopic (exact) mass is 244 g/mol. The summed E-state index contributed by atoms with van der Waals surface area (Å²) in [4.78, 5) is 6.82. The molecule has 16 heavy (non-hydrogen) atoms. The zero-order valence-electron chi connectivity index (χ0n) is 7.72. The molecule has 0 fully saturated rings. The molecule has 1 aromatic heterocycles. The first-order valence-electron chi connectivity index (χ1n) is 4.22. The fraction of sp³-hybridized carbons (Fsp3) is 0. The Hall–Kier alpha value is -1.62. The zero-order chi connectivity index (χ0) is 11.7. The fourth-order valence-corrected chi connectivity index (χ4v) is 1.38. The number of benzene rings is 1. The molecule has 0 radical (unpaired) electrons. The minimum absolute atomic E-state index is 0.279. The number of nitrogens with zero attached hydrogens (tertiary/aromatic N) is 2. The van der Waals surface area contributed by atoms with Gasteiger partial charge in [-0.25, -0.2) is 23.1 Å². The molecule has 2 rings (SSSR count). The summed E-state index contributed by atoms with van der Waals surface area (Å²) in [5.41, 5.74) is -1.04. The second kappa shape index (κ2) is 4.09. The highest BCUT2D eigenvalue weighted by molar-refractivity contribution is 6.28. The molecule has 0 unspecified atom stereocenters. The van der Waals surface area contributed by atoms with E-state index in [9.17, 15) is 13.2 Å². The van der Waals surface area contributed by atoms with Crippen LogP contribution in [0.4, 0.5) is 13.2 Å². The molecular formula is C10H4ClF3N2. The van der Waals surface area contributed by atoms with Gasteiger partial charge in [0.1, 0.15) is 17.3 Å². The maximum Gasteiger partial charge on any atom is 0.223 e. The molecule has 0 spiro atoms. The smallest absolute Gasteiger partial charge is 0.223 e. The standard InChI is InChI=1S/C10H4ClF3N2/c11-10-15-4-7(14)9(16-10)8-5(12)2-1-3-6(8)13/h1-4H. The molecule has 0 N–H and O–H groups in total. The predicted molar refractivity (Wildman–Crippen MR) is 52.4 cm³/mol. The van der Waals surface area contributed by atoms with Gasteiger partial charge in [-0.1, -0.05) is 6.07 Å². The molecule has 0 aliphatic carbocycles. The first kappa shape index (κ1) is 10.9. The Kier molecular flexibility index (Phi) is 2.78. The highest BCUT2D eigenvalue weighted by atomic mass is 35.5. The van der Waals surface area contributed by atoms with Gasteiger partial charge in [-0.2, -0.15) is 0 Å². The van der Waals surface area contributed by atoms with E-state index in [4.69, 9.17) is 11.6 Å². The lowest BCUT2D eigenvalue weighted by molar-refractivity contribution is 0.577. The second-order valence-electron chi connectivity index (χ2n) is 2.93. The molecule has 2 aromatic rings. The van der Waals surface area contributed by atoms with Crippen LogP contribution < -0.4 is 0 Å². The molecule has 0 amide bonds. The minimum atomic E-state index is -0.937. The quantitative estimate of drug-likeness (QED) is 0.720. The van der Waals surface area contributed by atoms with E-state index in [2.05, 4.69) is 9.97 Å². The van der Waals surface area contributed by atoms with Gasteiger partial charge in [0, 0.05) is 0 Å². The second-order valence-corrected chi connectivity index (χ2v) is 3.27. The van der Waals surface area contributed by atoms with Crippen LogP contribution in [-0.4, -0.2) is 9.97 Å². The van der Waals surface area contributed by atoms with E-state index in [0.29, 0.717) is 0 Å². The number of aromatic nitrogens is 2. The first-order chi connectivity index (χ1) is 7.59. The molecule has 0 aliphatic heterocycles. The summed E-state index contributed by atoms with van der Waals surface area (Å²) >= 11 is 5.44. The Labute approximate surface area is 93.7 Å². The van der Waals surface area contributed by atoms with Crippen LogP contribution >= 0.6 is 11.6 Å². The van der Waals surface area contributed by atoms with Crippen LogP contribution in [0, 0.1) is 17.5 Å². The first-order valence-corrected chi connectivity index (χ1v) is 4.60. The molecule has 0 aliphatic rings. The minimum Gasteiger partial charge on any atom is -0.223 e. The Morgan fingerprint density at radius 1 is 1.00 bits per heavy atom. The van der Waals surface area contributed by atoms with Crippen molar-refractivity contribution in [1.82, 2.24) is 9.97 Å². The lowest BCUT2D eigenvalue weighted by Gasteiger charge is -2.04. The average Bonchev–Trinajstić information content (AvgIpc) is 2.23. The van der Waals surface area contributed by atoms with Crippen molar-refractivity contribution in [2.75, 3.05) is 0 Å². The van der Waals surface area contributed by atoms with Crippen LogP contribution in [0.5, 0.6) is 0 Å². The van der Waals surface area contributed by atoms with Crippen molar-refractivity contribution in [3.63, 3.8) is 0 Å². The summed E-state index contributed by atoms with van der Waals surface area (Å²) in [5, 5.41) is -0.279. The van der Waals surface area contributed by atoms with Gasteiger partial charge in [0.25, 0.3) is 0 Å². The van der Waals surface area contributed by atoms with E-state index < -0.39 is 28.7 Å². The van der Waals surface area contributed by atoms with Crippen LogP contribution in [0.25, 0.3) is 11.3 Å². The van der Waals surface area contributed by atoms with Gasteiger partial charge in [-0.15, -0.1) is 0 Å². The SMILES string of the molecule is Fc1cnc(Cl)nc1-c1c(F)cccc1F. The summed E-state index contributed by atoms with van der Waals surface area (Å²) in [6.45, 7) is 0. The van der Waals surface area contributed by atoms with Gasteiger partial charge in [0.2, 0.25) is 5.28 Å². The van der Waals surface area contributed by atoms with E-state index in [0.717, 1.165) is 18.3 Å². The molecule has 0 saturated carbocycles. The van der Waals surface area contributed by atoms with Crippen molar-refractivity contribution in [2.24, 2.45) is 0 Å². The summed E-state index contributed by atoms with van der Waals surface area (Å²) in [5.74, 6) is -2.75. The zero-order valence-corrected chi connectivity index (χ0v) is 8.47. The van der Waals surface area contributed by atoms with E-state index >= 15 is 0 Å². The van der Waals surface area contributed by atoms with Gasteiger partial charge in [0.05, 0.1) is 11.8 Å². The third-order valence-electron chi connectivity index (χ3n) is 1.91. The molecule has 0 bridgehead atoms. The summed E-state index contributed by atoms with van der Waals surface area (Å²) in [6, 6.07) is 3.19. The summed E-state index contributed by atoms with van der Waals surface area (Å²) in [7, 11) is 0. The average molecular weight is 245 g/mol. The lowest BCUT2D eigenvalue weighted by Crippen LogP contribution is -1.97. The van der Waals surface area contributed by atoms with Crippen LogP contribution in [0.1, 0.15) is 0 Å². The number of rotatable bonds is 1. The molecule has 82 valence electrons. The molecule has 0 saturated heterocycles.